The van der Waals surface area contributed by atoms with Crippen molar-refractivity contribution < 1.29 is 22.0 Å². The minimum atomic E-state index is -1.72. The van der Waals surface area contributed by atoms with E-state index in [2.05, 4.69) is 9.69 Å². The number of nitriles is 2. The second kappa shape index (κ2) is 9.02. The van der Waals surface area contributed by atoms with Gasteiger partial charge >= 0.3 is 0 Å². The first-order chi connectivity index (χ1) is 15.8. The van der Waals surface area contributed by atoms with E-state index in [1.165, 1.54) is 30.3 Å². The Morgan fingerprint density at radius 1 is 0.788 bits per heavy atom. The summed E-state index contributed by atoms with van der Waals surface area (Å²) in [7, 11) is 0. The van der Waals surface area contributed by atoms with E-state index in [1.54, 1.807) is 6.07 Å². The van der Waals surface area contributed by atoms with Gasteiger partial charge in [0.05, 0.1) is 18.7 Å². The summed E-state index contributed by atoms with van der Waals surface area (Å²) in [5.41, 5.74) is -3.38. The lowest BCUT2D eigenvalue weighted by Gasteiger charge is -2.06. The Balaban J connectivity index is 2.26. The zero-order chi connectivity index (χ0) is 24.3. The third-order valence-electron chi connectivity index (χ3n) is 4.61. The first kappa shape index (κ1) is 22.7. The fourth-order valence-corrected chi connectivity index (χ4v) is 3.06. The molecule has 0 atom stereocenters. The predicted molar refractivity (Wildman–Crippen MR) is 107 cm³/mol. The predicted octanol–water partition coefficient (Wildman–Crippen LogP) is 4.60. The average Bonchev–Trinajstić information content (AvgIpc) is 2.79. The Labute approximate surface area is 183 Å². The van der Waals surface area contributed by atoms with Gasteiger partial charge in [-0.3, -0.25) is 0 Å². The number of hydrogen-bond donors (Lipinski definition) is 0. The molecule has 0 radical (unpaired) electrons. The molecule has 3 aromatic carbocycles. The summed E-state index contributed by atoms with van der Waals surface area (Å²) in [5.74, 6) is -6.92. The average molecular weight is 446 g/mol. The third-order valence-corrected chi connectivity index (χ3v) is 4.61. The van der Waals surface area contributed by atoms with Gasteiger partial charge in [0.2, 0.25) is 5.70 Å². The highest BCUT2D eigenvalue weighted by atomic mass is 19.2. The molecule has 9 heteroatoms. The van der Waals surface area contributed by atoms with Crippen LogP contribution < -0.4 is 10.4 Å². The molecule has 0 aliphatic rings. The van der Waals surface area contributed by atoms with Crippen molar-refractivity contribution in [3.05, 3.63) is 122 Å². The number of rotatable bonds is 2. The topological polar surface area (TPSA) is 56.3 Å². The van der Waals surface area contributed by atoms with Crippen LogP contribution in [0.2, 0.25) is 0 Å². The molecule has 0 N–H and O–H groups in total. The largest absolute Gasteiger partial charge is 0.259 e. The van der Waals surface area contributed by atoms with Crippen LogP contribution >= 0.6 is 0 Å². The monoisotopic (exact) mass is 446 g/mol. The lowest BCUT2D eigenvalue weighted by molar-refractivity contribution is 0.499. The quantitative estimate of drug-likeness (QED) is 0.328. The van der Waals surface area contributed by atoms with Crippen LogP contribution in [0.4, 0.5) is 27.6 Å². The molecular weight excluding hydrogens is 439 g/mol. The number of benzene rings is 3. The van der Waals surface area contributed by atoms with Crippen molar-refractivity contribution in [2.45, 2.75) is 0 Å². The summed E-state index contributed by atoms with van der Waals surface area (Å²) < 4.78 is 70.2. The molecule has 0 aliphatic carbocycles. The minimum Gasteiger partial charge on any atom is -0.237 e. The van der Waals surface area contributed by atoms with Gasteiger partial charge in [-0.15, -0.1) is 0 Å². The van der Waals surface area contributed by atoms with E-state index in [1.807, 2.05) is 0 Å². The van der Waals surface area contributed by atoms with Crippen molar-refractivity contribution in [1.82, 2.24) is 0 Å². The Bertz CT molecular complexity index is 1570. The Morgan fingerprint density at radius 2 is 1.36 bits per heavy atom. The highest BCUT2D eigenvalue weighted by molar-refractivity contribution is 5.78. The standard InChI is InChI=1S/C24H7F5N4/c1-32-23(14-7-18(25)17(11-31)19(26)8-14)13-5-3-12(4-6-13)16(10-30)15-9-20(27)24(33-2)22(29)21(15)28/h3-9H. The maximum absolute atomic E-state index is 14.4. The lowest BCUT2D eigenvalue weighted by Crippen LogP contribution is -2.14. The molecule has 0 saturated carbocycles. The molecule has 4 nitrogen and oxygen atoms in total. The molecule has 0 aliphatic heterocycles. The molecule has 0 heterocycles. The second-order valence-electron chi connectivity index (χ2n) is 6.45. The van der Waals surface area contributed by atoms with Crippen molar-refractivity contribution in [3.63, 3.8) is 0 Å². The van der Waals surface area contributed by atoms with Crippen LogP contribution in [0.5, 0.6) is 0 Å². The van der Waals surface area contributed by atoms with Crippen molar-refractivity contribution >= 4 is 17.0 Å². The van der Waals surface area contributed by atoms with Crippen molar-refractivity contribution in [2.75, 3.05) is 0 Å². The van der Waals surface area contributed by atoms with Crippen LogP contribution in [-0.4, -0.2) is 0 Å². The zero-order valence-electron chi connectivity index (χ0n) is 16.2. The summed E-state index contributed by atoms with van der Waals surface area (Å²) in [6, 6.07) is 10.3. The maximum atomic E-state index is 14.4. The van der Waals surface area contributed by atoms with Gasteiger partial charge in [-0.05, 0) is 34.2 Å². The summed E-state index contributed by atoms with van der Waals surface area (Å²) in [5, 5.41) is 18.4. The van der Waals surface area contributed by atoms with Gasteiger partial charge in [-0.2, -0.15) is 10.5 Å². The highest BCUT2D eigenvalue weighted by Gasteiger charge is 2.21. The first-order valence-corrected chi connectivity index (χ1v) is 8.84. The van der Waals surface area contributed by atoms with Crippen molar-refractivity contribution in [3.8, 4) is 12.1 Å². The lowest BCUT2D eigenvalue weighted by atomic mass is 10.0. The van der Waals surface area contributed by atoms with E-state index in [9.17, 15) is 27.2 Å². The molecule has 0 spiro atoms. The summed E-state index contributed by atoms with van der Waals surface area (Å²) in [6.07, 6.45) is 0. The van der Waals surface area contributed by atoms with E-state index in [4.69, 9.17) is 18.4 Å². The van der Waals surface area contributed by atoms with Crippen LogP contribution in [0, 0.1) is 64.9 Å². The molecule has 3 aromatic rings. The fourth-order valence-electron chi connectivity index (χ4n) is 3.06. The van der Waals surface area contributed by atoms with Crippen LogP contribution in [-0.2, 0) is 0 Å². The summed E-state index contributed by atoms with van der Waals surface area (Å²) >= 11 is 0. The number of nitrogens with zero attached hydrogens (tertiary/aromatic N) is 4. The number of hydrogen-bond acceptors (Lipinski definition) is 2. The maximum Gasteiger partial charge on any atom is 0.259 e. The summed E-state index contributed by atoms with van der Waals surface area (Å²) in [6.45, 7) is 14.1. The van der Waals surface area contributed by atoms with Crippen LogP contribution in [0.25, 0.3) is 21.0 Å². The Kier molecular flexibility index (Phi) is 6.20. The molecular formula is C24H7F5N4. The molecule has 0 unspecified atom stereocenters. The molecule has 158 valence electrons. The van der Waals surface area contributed by atoms with Crippen LogP contribution in [0.15, 0.2) is 42.5 Å². The first-order valence-electron chi connectivity index (χ1n) is 8.84. The van der Waals surface area contributed by atoms with Gasteiger partial charge in [-0.25, -0.2) is 31.6 Å². The fraction of sp³-hybridized carbons (Fsp3) is 0. The van der Waals surface area contributed by atoms with Gasteiger partial charge in [0.1, 0.15) is 35.2 Å². The van der Waals surface area contributed by atoms with E-state index < -0.39 is 51.5 Å². The molecule has 0 fully saturated rings. The van der Waals surface area contributed by atoms with E-state index in [0.29, 0.717) is 6.07 Å². The van der Waals surface area contributed by atoms with E-state index in [0.717, 1.165) is 12.1 Å². The minimum absolute atomic E-state index is 0.0380. The molecule has 0 saturated heterocycles. The highest BCUT2D eigenvalue weighted by Crippen LogP contribution is 2.29. The summed E-state index contributed by atoms with van der Waals surface area (Å²) in [4.78, 5) is 5.85. The van der Waals surface area contributed by atoms with Gasteiger partial charge < -0.3 is 0 Å². The van der Waals surface area contributed by atoms with Crippen molar-refractivity contribution in [2.24, 2.45) is 0 Å². The van der Waals surface area contributed by atoms with Gasteiger partial charge in [0.25, 0.3) is 5.69 Å². The van der Waals surface area contributed by atoms with Crippen LogP contribution in [0.1, 0.15) is 16.7 Å². The van der Waals surface area contributed by atoms with Gasteiger partial charge in [0.15, 0.2) is 11.6 Å². The molecule has 3 rings (SSSR count). The van der Waals surface area contributed by atoms with Crippen molar-refractivity contribution in [1.29, 1.82) is 10.5 Å². The smallest absolute Gasteiger partial charge is 0.237 e. The molecule has 0 amide bonds. The third kappa shape index (κ3) is 4.00. The zero-order valence-corrected chi connectivity index (χ0v) is 16.2. The SMILES string of the molecule is [C-]#[N+]C(c1cc(F)c(C#N)c(F)c1)=c1ccc(=C(C#N)c2cc(F)c([N+]#[C-])c(F)c2F)cc1. The molecule has 0 aromatic heterocycles. The van der Waals surface area contributed by atoms with E-state index >= 15 is 0 Å². The van der Waals surface area contributed by atoms with Crippen LogP contribution in [0.3, 0.4) is 0 Å². The molecule has 33 heavy (non-hydrogen) atoms. The van der Waals surface area contributed by atoms with E-state index in [-0.39, 0.29) is 21.7 Å². The van der Waals surface area contributed by atoms with Gasteiger partial charge in [-0.1, -0.05) is 24.3 Å². The Morgan fingerprint density at radius 3 is 1.85 bits per heavy atom. The second-order valence-corrected chi connectivity index (χ2v) is 6.45. The Hall–Kier alpha value is -4.99. The molecule has 0 bridgehead atoms. The normalized spacial score (nSPS) is 9.85. The number of halogens is 5. The van der Waals surface area contributed by atoms with Gasteiger partial charge in [0, 0.05) is 5.56 Å².